The lowest BCUT2D eigenvalue weighted by Gasteiger charge is -2.37. The molecule has 0 radical (unpaired) electrons. The smallest absolute Gasteiger partial charge is 0.0448 e. The van der Waals surface area contributed by atoms with Crippen LogP contribution in [0.1, 0.15) is 26.0 Å². The molecule has 2 atom stereocenters. The van der Waals surface area contributed by atoms with E-state index < -0.39 is 0 Å². The Morgan fingerprint density at radius 1 is 1.20 bits per heavy atom. The number of nitrogens with zero attached hydrogens (tertiary/aromatic N) is 2. The van der Waals surface area contributed by atoms with Gasteiger partial charge in [0.15, 0.2) is 0 Å². The molecule has 1 saturated heterocycles. The van der Waals surface area contributed by atoms with E-state index in [2.05, 4.69) is 35.9 Å². The number of fused-ring (bicyclic) bond motifs is 1. The van der Waals surface area contributed by atoms with Gasteiger partial charge in [-0.2, -0.15) is 0 Å². The van der Waals surface area contributed by atoms with Crippen LogP contribution in [0.25, 0.3) is 10.8 Å². The molecule has 1 fully saturated rings. The summed E-state index contributed by atoms with van der Waals surface area (Å²) in [5.74, 6) is 1.55. The minimum absolute atomic E-state index is 0.735. The first-order valence-electron chi connectivity index (χ1n) is 7.46. The van der Waals surface area contributed by atoms with E-state index in [1.807, 2.05) is 19.2 Å². The normalized spacial score (nSPS) is 23.2. The Morgan fingerprint density at radius 2 is 2.00 bits per heavy atom. The molecule has 1 aliphatic heterocycles. The molecule has 0 spiro atoms. The van der Waals surface area contributed by atoms with Gasteiger partial charge in [-0.25, -0.2) is 0 Å². The Balaban J connectivity index is 2.07. The molecule has 20 heavy (non-hydrogen) atoms. The molecular formula is C17H23N3. The predicted octanol–water partition coefficient (Wildman–Crippen LogP) is 3.61. The fraction of sp³-hybridized carbons (Fsp3) is 0.471. The van der Waals surface area contributed by atoms with Gasteiger partial charge in [0.2, 0.25) is 0 Å². The monoisotopic (exact) mass is 269 g/mol. The first-order chi connectivity index (χ1) is 9.56. The largest absolute Gasteiger partial charge is 0.398 e. The van der Waals surface area contributed by atoms with Crippen LogP contribution < -0.4 is 10.6 Å². The number of hydrogen-bond acceptors (Lipinski definition) is 3. The molecule has 2 heterocycles. The average molecular weight is 269 g/mol. The van der Waals surface area contributed by atoms with E-state index in [9.17, 15) is 0 Å². The van der Waals surface area contributed by atoms with E-state index in [0.29, 0.717) is 0 Å². The van der Waals surface area contributed by atoms with Gasteiger partial charge in [0.05, 0.1) is 0 Å². The summed E-state index contributed by atoms with van der Waals surface area (Å²) in [6.45, 7) is 9.00. The van der Waals surface area contributed by atoms with Crippen molar-refractivity contribution in [1.29, 1.82) is 0 Å². The van der Waals surface area contributed by atoms with Gasteiger partial charge in [-0.15, -0.1) is 0 Å². The zero-order valence-corrected chi connectivity index (χ0v) is 12.6. The van der Waals surface area contributed by atoms with Crippen molar-refractivity contribution < 1.29 is 0 Å². The Bertz CT molecular complexity index is 635. The maximum absolute atomic E-state index is 6.10. The van der Waals surface area contributed by atoms with E-state index in [1.165, 1.54) is 17.5 Å². The number of piperidine rings is 1. The van der Waals surface area contributed by atoms with Crippen molar-refractivity contribution in [2.75, 3.05) is 23.7 Å². The van der Waals surface area contributed by atoms with Crippen LogP contribution in [0, 0.1) is 18.8 Å². The number of aromatic nitrogens is 1. The zero-order valence-electron chi connectivity index (χ0n) is 12.6. The van der Waals surface area contributed by atoms with Gasteiger partial charge in [-0.1, -0.05) is 13.8 Å². The quantitative estimate of drug-likeness (QED) is 0.804. The third kappa shape index (κ3) is 2.21. The standard InChI is InChI=1S/C17H23N3/c1-11-6-7-20(10-12(11)2)17-5-4-16(18)15-9-19-13(3)8-14(15)17/h4-5,8-9,11-12H,6-7,10,18H2,1-3H3. The highest BCUT2D eigenvalue weighted by Gasteiger charge is 2.24. The first kappa shape index (κ1) is 13.2. The van der Waals surface area contributed by atoms with Gasteiger partial charge < -0.3 is 10.6 Å². The van der Waals surface area contributed by atoms with Crippen molar-refractivity contribution in [3.05, 3.63) is 30.1 Å². The Labute approximate surface area is 120 Å². The number of pyridine rings is 1. The summed E-state index contributed by atoms with van der Waals surface area (Å²) in [4.78, 5) is 6.89. The van der Waals surface area contributed by atoms with Crippen LogP contribution in [0.5, 0.6) is 0 Å². The summed E-state index contributed by atoms with van der Waals surface area (Å²) < 4.78 is 0. The first-order valence-corrected chi connectivity index (χ1v) is 7.46. The molecule has 0 amide bonds. The van der Waals surface area contributed by atoms with Crippen molar-refractivity contribution in [2.45, 2.75) is 27.2 Å². The van der Waals surface area contributed by atoms with Crippen LogP contribution in [0.15, 0.2) is 24.4 Å². The highest BCUT2D eigenvalue weighted by molar-refractivity contribution is 6.01. The van der Waals surface area contributed by atoms with Gasteiger partial charge in [-0.3, -0.25) is 4.98 Å². The molecule has 0 bridgehead atoms. The van der Waals surface area contributed by atoms with Crippen molar-refractivity contribution in [2.24, 2.45) is 11.8 Å². The molecule has 0 aliphatic carbocycles. The topological polar surface area (TPSA) is 42.1 Å². The van der Waals surface area contributed by atoms with Crippen molar-refractivity contribution in [3.8, 4) is 0 Å². The number of nitrogens with two attached hydrogens (primary N) is 1. The fourth-order valence-corrected chi connectivity index (χ4v) is 3.11. The molecule has 3 heteroatoms. The summed E-state index contributed by atoms with van der Waals surface area (Å²) >= 11 is 0. The molecule has 2 unspecified atom stereocenters. The van der Waals surface area contributed by atoms with Crippen LogP contribution >= 0.6 is 0 Å². The number of rotatable bonds is 1. The van der Waals surface area contributed by atoms with Crippen molar-refractivity contribution in [1.82, 2.24) is 4.98 Å². The van der Waals surface area contributed by atoms with Crippen LogP contribution in [0.3, 0.4) is 0 Å². The molecule has 3 rings (SSSR count). The molecule has 2 aromatic rings. The summed E-state index contributed by atoms with van der Waals surface area (Å²) in [5, 5.41) is 2.30. The number of benzene rings is 1. The highest BCUT2D eigenvalue weighted by Crippen LogP contribution is 2.34. The fourth-order valence-electron chi connectivity index (χ4n) is 3.11. The van der Waals surface area contributed by atoms with Gasteiger partial charge >= 0.3 is 0 Å². The van der Waals surface area contributed by atoms with Crippen LogP contribution in [0.4, 0.5) is 11.4 Å². The number of nitrogen functional groups attached to an aromatic ring is 1. The molecule has 1 aromatic heterocycles. The lowest BCUT2D eigenvalue weighted by molar-refractivity contribution is 0.324. The number of anilines is 2. The average Bonchev–Trinajstić information content (AvgIpc) is 2.42. The van der Waals surface area contributed by atoms with E-state index in [-0.39, 0.29) is 0 Å². The molecule has 1 aliphatic rings. The molecule has 2 N–H and O–H groups in total. The number of aryl methyl sites for hydroxylation is 1. The minimum atomic E-state index is 0.735. The van der Waals surface area contributed by atoms with Gasteiger partial charge in [0.25, 0.3) is 0 Å². The molecule has 0 saturated carbocycles. The van der Waals surface area contributed by atoms with Gasteiger partial charge in [-0.05, 0) is 43.4 Å². The highest BCUT2D eigenvalue weighted by atomic mass is 15.1. The Morgan fingerprint density at radius 3 is 2.75 bits per heavy atom. The molecule has 106 valence electrons. The third-order valence-electron chi connectivity index (χ3n) is 4.72. The third-order valence-corrected chi connectivity index (χ3v) is 4.72. The van der Waals surface area contributed by atoms with E-state index in [0.717, 1.165) is 41.7 Å². The predicted molar refractivity (Wildman–Crippen MR) is 86.1 cm³/mol. The zero-order chi connectivity index (χ0) is 14.3. The lowest BCUT2D eigenvalue weighted by atomic mass is 9.88. The molecule has 1 aromatic carbocycles. The molecule has 3 nitrogen and oxygen atoms in total. The van der Waals surface area contributed by atoms with E-state index in [1.54, 1.807) is 0 Å². The summed E-state index contributed by atoms with van der Waals surface area (Å²) in [7, 11) is 0. The van der Waals surface area contributed by atoms with Gasteiger partial charge in [0.1, 0.15) is 0 Å². The second-order valence-electron chi connectivity index (χ2n) is 6.23. The Kier molecular flexibility index (Phi) is 3.28. The van der Waals surface area contributed by atoms with Crippen molar-refractivity contribution >= 4 is 22.1 Å². The van der Waals surface area contributed by atoms with Crippen LogP contribution in [-0.4, -0.2) is 18.1 Å². The maximum atomic E-state index is 6.10. The van der Waals surface area contributed by atoms with E-state index in [4.69, 9.17) is 5.73 Å². The van der Waals surface area contributed by atoms with Crippen molar-refractivity contribution in [3.63, 3.8) is 0 Å². The van der Waals surface area contributed by atoms with Crippen LogP contribution in [0.2, 0.25) is 0 Å². The second-order valence-corrected chi connectivity index (χ2v) is 6.23. The Hall–Kier alpha value is -1.77. The summed E-state index contributed by atoms with van der Waals surface area (Å²) in [6.07, 6.45) is 3.16. The minimum Gasteiger partial charge on any atom is -0.398 e. The summed E-state index contributed by atoms with van der Waals surface area (Å²) in [6, 6.07) is 6.33. The SMILES string of the molecule is Cc1cc2c(N3CCC(C)C(C)C3)ccc(N)c2cn1. The lowest BCUT2D eigenvalue weighted by Crippen LogP contribution is -2.38. The second kappa shape index (κ2) is 4.97. The maximum Gasteiger partial charge on any atom is 0.0448 e. The summed E-state index contributed by atoms with van der Waals surface area (Å²) in [5.41, 5.74) is 9.26. The van der Waals surface area contributed by atoms with E-state index >= 15 is 0 Å². The number of hydrogen-bond donors (Lipinski definition) is 1. The molecular weight excluding hydrogens is 246 g/mol. The van der Waals surface area contributed by atoms with Gasteiger partial charge in [0, 0.05) is 47.1 Å². The van der Waals surface area contributed by atoms with Crippen LogP contribution in [-0.2, 0) is 0 Å².